The van der Waals surface area contributed by atoms with Crippen molar-refractivity contribution in [2.45, 2.75) is 94.4 Å². The van der Waals surface area contributed by atoms with Crippen LogP contribution in [-0.2, 0) is 6.42 Å². The second kappa shape index (κ2) is 9.45. The highest BCUT2D eigenvalue weighted by Crippen LogP contribution is 2.81. The number of aryl methyl sites for hydroxylation is 2. The fourth-order valence-electron chi connectivity index (χ4n) is 10.9. The molecule has 0 N–H and O–H groups in total. The molecule has 0 aliphatic heterocycles. The van der Waals surface area contributed by atoms with Crippen LogP contribution < -0.4 is 0 Å². The van der Waals surface area contributed by atoms with Gasteiger partial charge in [-0.05, 0) is 94.2 Å². The van der Waals surface area contributed by atoms with Gasteiger partial charge in [0.2, 0.25) is 0 Å². The molecular formula is C44H52. The van der Waals surface area contributed by atoms with Crippen LogP contribution in [0.5, 0.6) is 0 Å². The van der Waals surface area contributed by atoms with E-state index < -0.39 is 0 Å². The maximum atomic E-state index is 2.70. The normalized spacial score (nSPS) is 29.3. The molecule has 0 radical (unpaired) electrons. The maximum absolute atomic E-state index is 2.70. The van der Waals surface area contributed by atoms with Crippen molar-refractivity contribution in [3.8, 4) is 0 Å². The van der Waals surface area contributed by atoms with Gasteiger partial charge in [0.25, 0.3) is 0 Å². The Kier molecular flexibility index (Phi) is 6.35. The first-order valence-electron chi connectivity index (χ1n) is 17.1. The van der Waals surface area contributed by atoms with E-state index >= 15 is 0 Å². The van der Waals surface area contributed by atoms with Crippen molar-refractivity contribution in [1.82, 2.24) is 0 Å². The molecule has 3 aromatic carbocycles. The Hall–Kier alpha value is -3.12. The Bertz CT molecular complexity index is 1690. The molecule has 3 unspecified atom stereocenters. The molecule has 228 valence electrons. The Morgan fingerprint density at radius 2 is 1.23 bits per heavy atom. The molecule has 1 saturated carbocycles. The summed E-state index contributed by atoms with van der Waals surface area (Å²) in [5.41, 5.74) is 15.0. The minimum absolute atomic E-state index is 0.00458. The molecule has 7 rings (SSSR count). The minimum atomic E-state index is -0.152. The van der Waals surface area contributed by atoms with Gasteiger partial charge in [0.1, 0.15) is 0 Å². The molecule has 3 atom stereocenters. The Balaban J connectivity index is 1.66. The van der Waals surface area contributed by atoms with Gasteiger partial charge in [-0.2, -0.15) is 0 Å². The molecule has 0 spiro atoms. The van der Waals surface area contributed by atoms with E-state index in [0.717, 1.165) is 12.8 Å². The summed E-state index contributed by atoms with van der Waals surface area (Å²) in [6.07, 6.45) is 8.41. The fraction of sp³-hybridized carbons (Fsp3) is 0.455. The van der Waals surface area contributed by atoms with Crippen LogP contribution in [0.15, 0.2) is 102 Å². The van der Waals surface area contributed by atoms with Gasteiger partial charge in [0.15, 0.2) is 0 Å². The smallest absolute Gasteiger partial charge is 0.0186 e. The molecule has 0 bridgehead atoms. The van der Waals surface area contributed by atoms with Crippen LogP contribution in [0.2, 0.25) is 0 Å². The number of fused-ring (bicyclic) bond motifs is 6. The quantitative estimate of drug-likeness (QED) is 0.289. The van der Waals surface area contributed by atoms with Gasteiger partial charge in [-0.3, -0.25) is 0 Å². The summed E-state index contributed by atoms with van der Waals surface area (Å²) in [4.78, 5) is 0. The van der Waals surface area contributed by atoms with E-state index in [0.29, 0.717) is 5.92 Å². The van der Waals surface area contributed by atoms with Crippen molar-refractivity contribution in [3.05, 3.63) is 135 Å². The van der Waals surface area contributed by atoms with Crippen LogP contribution in [0, 0.1) is 46.8 Å². The Morgan fingerprint density at radius 1 is 0.659 bits per heavy atom. The van der Waals surface area contributed by atoms with Crippen LogP contribution in [-0.4, -0.2) is 0 Å². The number of allylic oxidation sites excluding steroid dienone is 6. The van der Waals surface area contributed by atoms with E-state index in [4.69, 9.17) is 0 Å². The molecule has 0 aromatic heterocycles. The highest BCUT2D eigenvalue weighted by atomic mass is 14.8. The third kappa shape index (κ3) is 3.47. The molecular weight excluding hydrogens is 528 g/mol. The van der Waals surface area contributed by atoms with Crippen LogP contribution in [0.4, 0.5) is 0 Å². The van der Waals surface area contributed by atoms with Crippen molar-refractivity contribution in [2.75, 3.05) is 0 Å². The number of hydrogen-bond acceptors (Lipinski definition) is 0. The van der Waals surface area contributed by atoms with Crippen LogP contribution in [0.1, 0.15) is 108 Å². The van der Waals surface area contributed by atoms with Crippen molar-refractivity contribution in [2.24, 2.45) is 33.0 Å². The van der Waals surface area contributed by atoms with E-state index in [-0.39, 0.29) is 33.0 Å². The molecule has 44 heavy (non-hydrogen) atoms. The fourth-order valence-corrected chi connectivity index (χ4v) is 10.9. The van der Waals surface area contributed by atoms with Crippen molar-refractivity contribution in [1.29, 1.82) is 0 Å². The summed E-state index contributed by atoms with van der Waals surface area (Å²) >= 11 is 0. The van der Waals surface area contributed by atoms with Crippen LogP contribution in [0.25, 0.3) is 5.57 Å². The molecule has 4 aliphatic rings. The first-order valence-corrected chi connectivity index (χ1v) is 17.1. The third-order valence-corrected chi connectivity index (χ3v) is 14.7. The van der Waals surface area contributed by atoms with Crippen molar-refractivity contribution < 1.29 is 0 Å². The standard InChI is InChI=1S/C44H52/c1-28-19-23-30(24-20-28)38(31-25-21-29(2)22-26-31)44(10)39-35-27-32-15-11-12-16-33(32)37(35)34-17-13-14-18-36(34)43(39,9)41(5,6)40(3,4)42(44,7)8/h11-13,15-17,19-26,36,38H,14,18,27H2,1-10H3. The minimum Gasteiger partial charge on any atom is -0.0842 e. The predicted molar refractivity (Wildman–Crippen MR) is 188 cm³/mol. The Labute approximate surface area is 267 Å². The molecule has 0 amide bonds. The van der Waals surface area contributed by atoms with Gasteiger partial charge in [0.05, 0.1) is 0 Å². The lowest BCUT2D eigenvalue weighted by Gasteiger charge is -2.76. The Morgan fingerprint density at radius 3 is 1.82 bits per heavy atom. The molecule has 0 heteroatoms. The van der Waals surface area contributed by atoms with E-state index in [9.17, 15) is 0 Å². The molecule has 0 heterocycles. The molecule has 1 fully saturated rings. The number of rotatable bonds is 3. The first kappa shape index (κ1) is 29.6. The van der Waals surface area contributed by atoms with E-state index in [1.807, 2.05) is 0 Å². The van der Waals surface area contributed by atoms with E-state index in [2.05, 4.69) is 154 Å². The highest BCUT2D eigenvalue weighted by Gasteiger charge is 2.74. The van der Waals surface area contributed by atoms with Gasteiger partial charge in [-0.15, -0.1) is 0 Å². The summed E-state index contributed by atoms with van der Waals surface area (Å²) in [5, 5.41) is 0. The zero-order valence-electron chi connectivity index (χ0n) is 28.9. The molecule has 0 saturated heterocycles. The van der Waals surface area contributed by atoms with Gasteiger partial charge in [-0.25, -0.2) is 0 Å². The highest BCUT2D eigenvalue weighted by molar-refractivity contribution is 5.92. The average molecular weight is 581 g/mol. The topological polar surface area (TPSA) is 0 Å². The average Bonchev–Trinajstić information content (AvgIpc) is 3.37. The molecule has 3 aromatic rings. The van der Waals surface area contributed by atoms with Gasteiger partial charge < -0.3 is 0 Å². The van der Waals surface area contributed by atoms with E-state index in [1.165, 1.54) is 39.8 Å². The lowest BCUT2D eigenvalue weighted by molar-refractivity contribution is -0.197. The second-order valence-corrected chi connectivity index (χ2v) is 16.6. The maximum Gasteiger partial charge on any atom is 0.0186 e. The van der Waals surface area contributed by atoms with Crippen molar-refractivity contribution in [3.63, 3.8) is 0 Å². The first-order chi connectivity index (χ1) is 20.7. The third-order valence-electron chi connectivity index (χ3n) is 14.7. The monoisotopic (exact) mass is 580 g/mol. The van der Waals surface area contributed by atoms with Crippen molar-refractivity contribution >= 4 is 5.57 Å². The summed E-state index contributed by atoms with van der Waals surface area (Å²) in [6.45, 7) is 25.6. The molecule has 4 aliphatic carbocycles. The van der Waals surface area contributed by atoms with Gasteiger partial charge in [0, 0.05) is 16.7 Å². The zero-order valence-corrected chi connectivity index (χ0v) is 28.9. The SMILES string of the molecule is Cc1ccc(C(c2ccc(C)cc2)C2(C)C3=C4Cc5ccccc5C4=C4C=CCCC4C3(C)C(C)(C)C(C)(C)C2(C)C)cc1. The summed E-state index contributed by atoms with van der Waals surface area (Å²) in [6, 6.07) is 28.4. The lowest BCUT2D eigenvalue weighted by atomic mass is 9.27. The summed E-state index contributed by atoms with van der Waals surface area (Å²) in [7, 11) is 0. The number of benzene rings is 3. The van der Waals surface area contributed by atoms with E-state index in [1.54, 1.807) is 22.3 Å². The van der Waals surface area contributed by atoms with Crippen LogP contribution in [0.3, 0.4) is 0 Å². The second-order valence-electron chi connectivity index (χ2n) is 16.6. The van der Waals surface area contributed by atoms with Gasteiger partial charge >= 0.3 is 0 Å². The number of hydrogen-bond donors (Lipinski definition) is 0. The summed E-state index contributed by atoms with van der Waals surface area (Å²) in [5.74, 6) is 0.718. The predicted octanol–water partition coefficient (Wildman–Crippen LogP) is 11.8. The zero-order chi connectivity index (χ0) is 31.4. The van der Waals surface area contributed by atoms with Gasteiger partial charge in [-0.1, -0.05) is 157 Å². The summed E-state index contributed by atoms with van der Waals surface area (Å²) < 4.78 is 0. The molecule has 0 nitrogen and oxygen atoms in total. The van der Waals surface area contributed by atoms with Crippen LogP contribution >= 0.6 is 0 Å². The lowest BCUT2D eigenvalue weighted by Crippen LogP contribution is -2.69. The largest absolute Gasteiger partial charge is 0.0842 e.